The van der Waals surface area contributed by atoms with Crippen molar-refractivity contribution in [1.29, 1.82) is 0 Å². The van der Waals surface area contributed by atoms with Gasteiger partial charge in [-0.05, 0) is 23.8 Å². The lowest BCUT2D eigenvalue weighted by Crippen LogP contribution is -1.91. The van der Waals surface area contributed by atoms with Gasteiger partial charge in [0.1, 0.15) is 18.2 Å². The monoisotopic (exact) mass is 281 g/mol. The Balaban J connectivity index is 1.95. The summed E-state index contributed by atoms with van der Waals surface area (Å²) in [4.78, 5) is 4.97. The van der Waals surface area contributed by atoms with Gasteiger partial charge in [-0.1, -0.05) is 35.0 Å². The second-order valence-electron chi connectivity index (χ2n) is 3.81. The highest BCUT2D eigenvalue weighted by Crippen LogP contribution is 2.13. The summed E-state index contributed by atoms with van der Waals surface area (Å²) >= 11 is 5.92. The van der Waals surface area contributed by atoms with Gasteiger partial charge in [0, 0.05) is 16.7 Å². The summed E-state index contributed by atoms with van der Waals surface area (Å²) < 4.78 is 25.8. The highest BCUT2D eigenvalue weighted by molar-refractivity contribution is 6.33. The molecule has 98 valence electrons. The van der Waals surface area contributed by atoms with Crippen LogP contribution in [0.5, 0.6) is 0 Å². The molecule has 19 heavy (non-hydrogen) atoms. The van der Waals surface area contributed by atoms with Crippen LogP contribution in [-0.2, 0) is 11.4 Å². The van der Waals surface area contributed by atoms with E-state index in [0.717, 1.165) is 6.07 Å². The Hall–Kier alpha value is -1.94. The number of nitrogens with zero attached hydrogens (tertiary/aromatic N) is 1. The average Bonchev–Trinajstić information content (AvgIpc) is 2.35. The zero-order valence-electron chi connectivity index (χ0n) is 9.82. The van der Waals surface area contributed by atoms with E-state index in [-0.39, 0.29) is 6.61 Å². The molecule has 0 heterocycles. The first-order valence-corrected chi connectivity index (χ1v) is 5.88. The largest absolute Gasteiger partial charge is 0.391 e. The molecule has 0 aliphatic carbocycles. The van der Waals surface area contributed by atoms with Crippen LogP contribution in [0.15, 0.2) is 47.6 Å². The van der Waals surface area contributed by atoms with Crippen molar-refractivity contribution in [2.75, 3.05) is 0 Å². The predicted molar refractivity (Wildman–Crippen MR) is 70.2 cm³/mol. The standard InChI is InChI=1S/C14H10ClF2NO/c15-14-4-2-1-3-11(14)8-18-19-9-10-5-12(16)7-13(17)6-10/h1-8H,9H2. The molecule has 0 N–H and O–H groups in total. The van der Waals surface area contributed by atoms with Crippen LogP contribution in [0.3, 0.4) is 0 Å². The highest BCUT2D eigenvalue weighted by Gasteiger charge is 2.00. The lowest BCUT2D eigenvalue weighted by molar-refractivity contribution is 0.131. The fourth-order valence-electron chi connectivity index (χ4n) is 1.48. The minimum absolute atomic E-state index is 0.0182. The normalized spacial score (nSPS) is 10.9. The number of rotatable bonds is 4. The van der Waals surface area contributed by atoms with E-state index in [1.165, 1.54) is 18.3 Å². The summed E-state index contributed by atoms with van der Waals surface area (Å²) in [5.41, 5.74) is 1.07. The van der Waals surface area contributed by atoms with Crippen LogP contribution < -0.4 is 0 Å². The number of halogens is 3. The molecule has 0 bridgehead atoms. The second-order valence-corrected chi connectivity index (χ2v) is 4.21. The fraction of sp³-hybridized carbons (Fsp3) is 0.0714. The number of benzene rings is 2. The maximum absolute atomic E-state index is 12.9. The van der Waals surface area contributed by atoms with E-state index in [9.17, 15) is 8.78 Å². The lowest BCUT2D eigenvalue weighted by atomic mass is 10.2. The van der Waals surface area contributed by atoms with E-state index in [0.29, 0.717) is 16.1 Å². The lowest BCUT2D eigenvalue weighted by Gasteiger charge is -2.01. The maximum Gasteiger partial charge on any atom is 0.142 e. The van der Waals surface area contributed by atoms with Gasteiger partial charge in [0.2, 0.25) is 0 Å². The summed E-state index contributed by atoms with van der Waals surface area (Å²) in [6, 6.07) is 10.3. The van der Waals surface area contributed by atoms with Gasteiger partial charge >= 0.3 is 0 Å². The van der Waals surface area contributed by atoms with Gasteiger partial charge in [-0.15, -0.1) is 0 Å². The Labute approximate surface area is 114 Å². The first-order valence-electron chi connectivity index (χ1n) is 5.50. The smallest absolute Gasteiger partial charge is 0.142 e. The molecular weight excluding hydrogens is 272 g/mol. The SMILES string of the molecule is Fc1cc(F)cc(CON=Cc2ccccc2Cl)c1. The molecule has 0 saturated carbocycles. The Morgan fingerprint density at radius 3 is 2.47 bits per heavy atom. The molecule has 2 nitrogen and oxygen atoms in total. The third kappa shape index (κ3) is 4.03. The van der Waals surface area contributed by atoms with Gasteiger partial charge < -0.3 is 4.84 Å². The third-order valence-corrected chi connectivity index (χ3v) is 2.67. The molecule has 2 aromatic rings. The first-order chi connectivity index (χ1) is 9.15. The molecule has 0 aliphatic heterocycles. The minimum Gasteiger partial charge on any atom is -0.391 e. The van der Waals surface area contributed by atoms with Crippen LogP contribution in [-0.4, -0.2) is 6.21 Å². The maximum atomic E-state index is 12.9. The molecule has 0 radical (unpaired) electrons. The molecule has 2 rings (SSSR count). The molecule has 0 atom stereocenters. The van der Waals surface area contributed by atoms with Gasteiger partial charge in [0.15, 0.2) is 0 Å². The summed E-state index contributed by atoms with van der Waals surface area (Å²) in [6.07, 6.45) is 1.44. The van der Waals surface area contributed by atoms with Crippen LogP contribution in [0, 0.1) is 11.6 Å². The Morgan fingerprint density at radius 2 is 1.79 bits per heavy atom. The molecule has 0 fully saturated rings. The molecule has 2 aromatic carbocycles. The van der Waals surface area contributed by atoms with Crippen molar-refractivity contribution < 1.29 is 13.6 Å². The van der Waals surface area contributed by atoms with E-state index >= 15 is 0 Å². The zero-order valence-corrected chi connectivity index (χ0v) is 10.6. The van der Waals surface area contributed by atoms with Crippen molar-refractivity contribution in [3.05, 3.63) is 70.2 Å². The third-order valence-electron chi connectivity index (χ3n) is 2.33. The van der Waals surface area contributed by atoms with Crippen molar-refractivity contribution in [1.82, 2.24) is 0 Å². The Morgan fingerprint density at radius 1 is 1.11 bits per heavy atom. The van der Waals surface area contributed by atoms with Gasteiger partial charge in [0.05, 0.1) is 6.21 Å². The van der Waals surface area contributed by atoms with Gasteiger partial charge in [-0.3, -0.25) is 0 Å². The van der Waals surface area contributed by atoms with Gasteiger partial charge in [0.25, 0.3) is 0 Å². The topological polar surface area (TPSA) is 21.6 Å². The van der Waals surface area contributed by atoms with Gasteiger partial charge in [-0.25, -0.2) is 8.78 Å². The van der Waals surface area contributed by atoms with Crippen LogP contribution >= 0.6 is 11.6 Å². The highest BCUT2D eigenvalue weighted by atomic mass is 35.5. The van der Waals surface area contributed by atoms with Crippen molar-refractivity contribution in [2.45, 2.75) is 6.61 Å². The summed E-state index contributed by atoms with van der Waals surface area (Å²) in [5.74, 6) is -1.29. The molecular formula is C14H10ClF2NO. The summed E-state index contributed by atoms with van der Waals surface area (Å²) in [6.45, 7) is -0.0182. The van der Waals surface area contributed by atoms with Gasteiger partial charge in [-0.2, -0.15) is 0 Å². The number of oxime groups is 1. The first kappa shape index (κ1) is 13.5. The molecule has 0 saturated heterocycles. The van der Waals surface area contributed by atoms with E-state index in [4.69, 9.17) is 16.4 Å². The summed E-state index contributed by atoms with van der Waals surface area (Å²) in [5, 5.41) is 4.25. The molecule has 0 unspecified atom stereocenters. The van der Waals surface area contributed by atoms with Crippen molar-refractivity contribution in [3.8, 4) is 0 Å². The van der Waals surface area contributed by atoms with E-state index in [1.807, 2.05) is 6.07 Å². The fourth-order valence-corrected chi connectivity index (χ4v) is 1.66. The molecule has 5 heteroatoms. The van der Waals surface area contributed by atoms with E-state index in [2.05, 4.69) is 5.16 Å². The van der Waals surface area contributed by atoms with Crippen LogP contribution in [0.25, 0.3) is 0 Å². The molecule has 0 amide bonds. The zero-order chi connectivity index (χ0) is 13.7. The average molecular weight is 282 g/mol. The number of hydrogen-bond donors (Lipinski definition) is 0. The van der Waals surface area contributed by atoms with Crippen LogP contribution in [0.4, 0.5) is 8.78 Å². The Kier molecular flexibility index (Phi) is 4.47. The molecule has 0 spiro atoms. The second kappa shape index (κ2) is 6.29. The van der Waals surface area contributed by atoms with Crippen molar-refractivity contribution >= 4 is 17.8 Å². The molecule has 0 aromatic heterocycles. The van der Waals surface area contributed by atoms with Crippen LogP contribution in [0.1, 0.15) is 11.1 Å². The van der Waals surface area contributed by atoms with Crippen molar-refractivity contribution in [2.24, 2.45) is 5.16 Å². The molecule has 0 aliphatic rings. The van der Waals surface area contributed by atoms with Crippen molar-refractivity contribution in [3.63, 3.8) is 0 Å². The summed E-state index contributed by atoms with van der Waals surface area (Å²) in [7, 11) is 0. The minimum atomic E-state index is -0.645. The quantitative estimate of drug-likeness (QED) is 0.609. The van der Waals surface area contributed by atoms with E-state index in [1.54, 1.807) is 18.2 Å². The number of hydrogen-bond acceptors (Lipinski definition) is 2. The van der Waals surface area contributed by atoms with Crippen LogP contribution in [0.2, 0.25) is 5.02 Å². The Bertz CT molecular complexity index is 581. The predicted octanol–water partition coefficient (Wildman–Crippen LogP) is 4.17. The van der Waals surface area contributed by atoms with E-state index < -0.39 is 11.6 Å².